The number of hydrogen-bond acceptors (Lipinski definition) is 4. The quantitative estimate of drug-likeness (QED) is 0.506. The van der Waals surface area contributed by atoms with Crippen molar-refractivity contribution in [1.29, 1.82) is 0 Å². The Labute approximate surface area is 165 Å². The number of carbonyl (C=O) groups excluding carboxylic acids is 1. The summed E-state index contributed by atoms with van der Waals surface area (Å²) in [4.78, 5) is 19.9. The number of aromatic nitrogens is 3. The molecular weight excluding hydrogens is 375 g/mol. The highest BCUT2D eigenvalue weighted by molar-refractivity contribution is 7.13. The molecule has 2 heterocycles. The van der Waals surface area contributed by atoms with Gasteiger partial charge in [0, 0.05) is 13.6 Å². The molecular formula is C21H17FN4OS. The van der Waals surface area contributed by atoms with E-state index in [-0.39, 0.29) is 17.5 Å². The molecule has 0 atom stereocenters. The van der Waals surface area contributed by atoms with Crippen LogP contribution in [0.15, 0.2) is 72.1 Å². The van der Waals surface area contributed by atoms with Crippen LogP contribution in [0.4, 0.5) is 4.39 Å². The molecule has 0 radical (unpaired) electrons. The van der Waals surface area contributed by atoms with Crippen LogP contribution in [0.25, 0.3) is 16.4 Å². The van der Waals surface area contributed by atoms with Crippen LogP contribution in [0.5, 0.6) is 0 Å². The number of rotatable bonds is 5. The average molecular weight is 392 g/mol. The molecule has 1 amide bonds. The van der Waals surface area contributed by atoms with Crippen LogP contribution in [0.1, 0.15) is 16.2 Å². The lowest BCUT2D eigenvalue weighted by Gasteiger charge is -2.15. The summed E-state index contributed by atoms with van der Waals surface area (Å²) in [6, 6.07) is 19.6. The molecule has 4 rings (SSSR count). The van der Waals surface area contributed by atoms with E-state index in [2.05, 4.69) is 10.1 Å². The smallest absolute Gasteiger partial charge is 0.293 e. The molecule has 0 bridgehead atoms. The van der Waals surface area contributed by atoms with Gasteiger partial charge in [0.15, 0.2) is 5.82 Å². The number of halogens is 1. The lowest BCUT2D eigenvalue weighted by Crippen LogP contribution is -2.27. The minimum absolute atomic E-state index is 0.122. The Morgan fingerprint density at radius 3 is 2.50 bits per heavy atom. The number of thiophene rings is 1. The Morgan fingerprint density at radius 1 is 1.07 bits per heavy atom. The van der Waals surface area contributed by atoms with Gasteiger partial charge in [-0.1, -0.05) is 36.4 Å². The van der Waals surface area contributed by atoms with Crippen molar-refractivity contribution in [1.82, 2.24) is 19.7 Å². The van der Waals surface area contributed by atoms with Gasteiger partial charge in [-0.15, -0.1) is 16.4 Å². The summed E-state index contributed by atoms with van der Waals surface area (Å²) < 4.78 is 14.8. The summed E-state index contributed by atoms with van der Waals surface area (Å²) in [6.07, 6.45) is 0. The van der Waals surface area contributed by atoms with Gasteiger partial charge < -0.3 is 4.90 Å². The normalized spacial score (nSPS) is 10.8. The van der Waals surface area contributed by atoms with E-state index >= 15 is 0 Å². The summed E-state index contributed by atoms with van der Waals surface area (Å²) in [5.41, 5.74) is 1.66. The molecule has 0 saturated heterocycles. The second-order valence-corrected chi connectivity index (χ2v) is 7.22. The van der Waals surface area contributed by atoms with Crippen LogP contribution >= 0.6 is 11.3 Å². The van der Waals surface area contributed by atoms with Crippen molar-refractivity contribution in [3.05, 3.63) is 89.3 Å². The van der Waals surface area contributed by atoms with Crippen molar-refractivity contribution < 1.29 is 9.18 Å². The van der Waals surface area contributed by atoms with Gasteiger partial charge in [-0.25, -0.2) is 14.1 Å². The molecule has 0 aliphatic carbocycles. The van der Waals surface area contributed by atoms with Gasteiger partial charge >= 0.3 is 0 Å². The fourth-order valence-corrected chi connectivity index (χ4v) is 3.52. The van der Waals surface area contributed by atoms with E-state index in [1.54, 1.807) is 23.9 Å². The third-order valence-electron chi connectivity index (χ3n) is 4.22. The van der Waals surface area contributed by atoms with E-state index in [4.69, 9.17) is 0 Å². The van der Waals surface area contributed by atoms with Crippen LogP contribution in [-0.2, 0) is 6.54 Å². The highest BCUT2D eigenvalue weighted by atomic mass is 32.1. The first-order valence-corrected chi connectivity index (χ1v) is 9.56. The summed E-state index contributed by atoms with van der Waals surface area (Å²) in [6.45, 7) is 0.341. The first kappa shape index (κ1) is 18.1. The third-order valence-corrected chi connectivity index (χ3v) is 5.09. The van der Waals surface area contributed by atoms with Crippen molar-refractivity contribution in [2.75, 3.05) is 7.05 Å². The predicted octanol–water partition coefficient (Wildman–Crippen LogP) is 4.41. The number of amides is 1. The van der Waals surface area contributed by atoms with Gasteiger partial charge in [-0.2, -0.15) is 0 Å². The molecule has 0 aliphatic rings. The number of carbonyl (C=O) groups is 1. The van der Waals surface area contributed by atoms with Crippen LogP contribution in [0.3, 0.4) is 0 Å². The van der Waals surface area contributed by atoms with Gasteiger partial charge in [0.2, 0.25) is 5.82 Å². The van der Waals surface area contributed by atoms with Crippen molar-refractivity contribution >= 4 is 17.2 Å². The lowest BCUT2D eigenvalue weighted by molar-refractivity contribution is 0.0773. The number of hydrogen-bond donors (Lipinski definition) is 0. The largest absolute Gasteiger partial charge is 0.335 e. The molecule has 5 nitrogen and oxygen atoms in total. The Morgan fingerprint density at radius 2 is 1.82 bits per heavy atom. The second-order valence-electron chi connectivity index (χ2n) is 6.27. The summed E-state index contributed by atoms with van der Waals surface area (Å²) in [5.74, 6) is 0.148. The average Bonchev–Trinajstić information content (AvgIpc) is 3.39. The van der Waals surface area contributed by atoms with Crippen LogP contribution in [-0.4, -0.2) is 32.6 Å². The maximum Gasteiger partial charge on any atom is 0.293 e. The van der Waals surface area contributed by atoms with Gasteiger partial charge in [-0.3, -0.25) is 4.79 Å². The Bertz CT molecular complexity index is 1080. The van der Waals surface area contributed by atoms with Crippen LogP contribution < -0.4 is 0 Å². The van der Waals surface area contributed by atoms with Gasteiger partial charge in [0.25, 0.3) is 5.91 Å². The van der Waals surface area contributed by atoms with E-state index < -0.39 is 0 Å². The highest BCUT2D eigenvalue weighted by Gasteiger charge is 2.22. The fourth-order valence-electron chi connectivity index (χ4n) is 2.82. The summed E-state index contributed by atoms with van der Waals surface area (Å²) in [7, 11) is 1.68. The maximum atomic E-state index is 13.1. The molecule has 0 unspecified atom stereocenters. The molecule has 140 valence electrons. The molecule has 0 fully saturated rings. The Hall–Kier alpha value is -3.32. The van der Waals surface area contributed by atoms with Crippen molar-refractivity contribution in [2.24, 2.45) is 0 Å². The number of benzene rings is 2. The zero-order valence-corrected chi connectivity index (χ0v) is 15.9. The van der Waals surface area contributed by atoms with E-state index in [0.29, 0.717) is 12.4 Å². The lowest BCUT2D eigenvalue weighted by atomic mass is 10.2. The predicted molar refractivity (Wildman–Crippen MR) is 107 cm³/mol. The minimum Gasteiger partial charge on any atom is -0.335 e. The zero-order chi connectivity index (χ0) is 19.5. The zero-order valence-electron chi connectivity index (χ0n) is 15.1. The summed E-state index contributed by atoms with van der Waals surface area (Å²) in [5, 5.41) is 6.43. The molecule has 0 aliphatic heterocycles. The molecule has 0 N–H and O–H groups in total. The number of nitrogens with zero attached hydrogens (tertiary/aromatic N) is 4. The van der Waals surface area contributed by atoms with Crippen molar-refractivity contribution in [3.8, 4) is 16.4 Å². The molecule has 7 heteroatoms. The standard InChI is InChI=1S/C21H17FN4OS/c1-25(14-15-9-11-16(22)12-10-15)21(27)19-23-20(18-8-5-13-28-18)26(24-19)17-6-3-2-4-7-17/h2-13H,14H2,1H3. The van der Waals surface area contributed by atoms with Crippen LogP contribution in [0.2, 0.25) is 0 Å². The molecule has 2 aromatic heterocycles. The molecule has 2 aromatic carbocycles. The second kappa shape index (κ2) is 7.74. The van der Waals surface area contributed by atoms with Crippen molar-refractivity contribution in [2.45, 2.75) is 6.54 Å². The first-order chi connectivity index (χ1) is 13.6. The SMILES string of the molecule is CN(Cc1ccc(F)cc1)C(=O)c1nc(-c2cccs2)n(-c2ccccc2)n1. The van der Waals surface area contributed by atoms with Gasteiger partial charge in [0.1, 0.15) is 5.82 Å². The minimum atomic E-state index is -0.304. The van der Waals surface area contributed by atoms with Gasteiger partial charge in [0.05, 0.1) is 10.6 Å². The molecule has 4 aromatic rings. The highest BCUT2D eigenvalue weighted by Crippen LogP contribution is 2.25. The van der Waals surface area contributed by atoms with Crippen LogP contribution in [0, 0.1) is 5.82 Å². The van der Waals surface area contributed by atoms with E-state index in [1.165, 1.54) is 28.4 Å². The molecule has 0 spiro atoms. The molecule has 0 saturated carbocycles. The first-order valence-electron chi connectivity index (χ1n) is 8.68. The number of para-hydroxylation sites is 1. The van der Waals surface area contributed by atoms with E-state index in [9.17, 15) is 9.18 Å². The van der Waals surface area contributed by atoms with E-state index in [1.807, 2.05) is 47.8 Å². The molecule has 28 heavy (non-hydrogen) atoms. The third kappa shape index (κ3) is 3.70. The maximum absolute atomic E-state index is 13.1. The van der Waals surface area contributed by atoms with E-state index in [0.717, 1.165) is 16.1 Å². The summed E-state index contributed by atoms with van der Waals surface area (Å²) >= 11 is 1.54. The topological polar surface area (TPSA) is 51.0 Å². The van der Waals surface area contributed by atoms with Gasteiger partial charge in [-0.05, 0) is 41.3 Å². The van der Waals surface area contributed by atoms with Crippen molar-refractivity contribution in [3.63, 3.8) is 0 Å². The fraction of sp³-hybridized carbons (Fsp3) is 0.0952. The Kier molecular flexibility index (Phi) is 4.99. The monoisotopic (exact) mass is 392 g/mol. The Balaban J connectivity index is 1.65.